The van der Waals surface area contributed by atoms with E-state index in [4.69, 9.17) is 27.9 Å². The number of hydrogen-bond acceptors (Lipinski definition) is 1. The van der Waals surface area contributed by atoms with E-state index in [-0.39, 0.29) is 0 Å². The molecule has 2 aromatic rings. The molecule has 0 radical (unpaired) electrons. The molecule has 2 aromatic carbocycles. The van der Waals surface area contributed by atoms with E-state index < -0.39 is 0 Å². The largest absolute Gasteiger partial charge is 0.457 e. The van der Waals surface area contributed by atoms with Crippen LogP contribution in [0.2, 0.25) is 5.02 Å². The molecule has 0 saturated heterocycles. The average molecular weight is 281 g/mol. The summed E-state index contributed by atoms with van der Waals surface area (Å²) in [4.78, 5) is 0. The van der Waals surface area contributed by atoms with Crippen LogP contribution < -0.4 is 4.74 Å². The van der Waals surface area contributed by atoms with Crippen LogP contribution in [0.4, 0.5) is 0 Å². The molecule has 0 atom stereocenters. The Morgan fingerprint density at radius 3 is 2.56 bits per heavy atom. The molecule has 0 heterocycles. The summed E-state index contributed by atoms with van der Waals surface area (Å²) < 4.78 is 5.92. The zero-order valence-electron chi connectivity index (χ0n) is 10.3. The second-order valence-electron chi connectivity index (χ2n) is 4.22. The van der Waals surface area contributed by atoms with Crippen LogP contribution in [0.5, 0.6) is 11.5 Å². The Hall–Kier alpha value is -1.18. The fourth-order valence-electron chi connectivity index (χ4n) is 1.70. The Bertz CT molecular complexity index is 564. The highest BCUT2D eigenvalue weighted by Crippen LogP contribution is 2.33. The first-order chi connectivity index (χ1) is 8.61. The smallest absolute Gasteiger partial charge is 0.133 e. The van der Waals surface area contributed by atoms with Gasteiger partial charge >= 0.3 is 0 Å². The van der Waals surface area contributed by atoms with Crippen LogP contribution in [0, 0.1) is 13.8 Å². The molecule has 1 nitrogen and oxygen atoms in total. The van der Waals surface area contributed by atoms with Gasteiger partial charge in [-0.15, -0.1) is 11.6 Å². The first-order valence-corrected chi connectivity index (χ1v) is 6.61. The molecule has 0 fully saturated rings. The van der Waals surface area contributed by atoms with Gasteiger partial charge in [-0.05, 0) is 43.2 Å². The molecule has 0 unspecified atom stereocenters. The summed E-state index contributed by atoms with van der Waals surface area (Å²) in [6.45, 7) is 4.05. The number of alkyl halides is 1. The molecule has 94 valence electrons. The molecule has 2 rings (SSSR count). The van der Waals surface area contributed by atoms with Crippen LogP contribution in [0.25, 0.3) is 0 Å². The van der Waals surface area contributed by atoms with E-state index in [1.54, 1.807) is 0 Å². The lowest BCUT2D eigenvalue weighted by Gasteiger charge is -2.13. The van der Waals surface area contributed by atoms with Gasteiger partial charge in [0.05, 0.1) is 5.88 Å². The number of benzene rings is 2. The van der Waals surface area contributed by atoms with Gasteiger partial charge in [0.25, 0.3) is 0 Å². The van der Waals surface area contributed by atoms with Crippen molar-refractivity contribution in [3.05, 3.63) is 58.1 Å². The minimum absolute atomic E-state index is 0.333. The van der Waals surface area contributed by atoms with Crippen molar-refractivity contribution >= 4 is 23.2 Å². The molecule has 0 aromatic heterocycles. The molecular weight excluding hydrogens is 267 g/mol. The lowest BCUT2D eigenvalue weighted by molar-refractivity contribution is 0.474. The minimum atomic E-state index is 0.333. The minimum Gasteiger partial charge on any atom is -0.457 e. The monoisotopic (exact) mass is 280 g/mol. The van der Waals surface area contributed by atoms with Crippen molar-refractivity contribution in [1.29, 1.82) is 0 Å². The number of hydrogen-bond donors (Lipinski definition) is 0. The summed E-state index contributed by atoms with van der Waals surface area (Å²) in [6, 6.07) is 11.7. The Balaban J connectivity index is 2.40. The molecule has 0 saturated carbocycles. The Morgan fingerprint density at radius 1 is 1.06 bits per heavy atom. The zero-order chi connectivity index (χ0) is 13.1. The topological polar surface area (TPSA) is 9.23 Å². The first-order valence-electron chi connectivity index (χ1n) is 5.70. The van der Waals surface area contributed by atoms with Gasteiger partial charge in [-0.3, -0.25) is 0 Å². The lowest BCUT2D eigenvalue weighted by atomic mass is 10.1. The molecule has 0 amide bonds. The van der Waals surface area contributed by atoms with Crippen molar-refractivity contribution in [3.8, 4) is 11.5 Å². The molecule has 0 aliphatic rings. The quantitative estimate of drug-likeness (QED) is 0.676. The highest BCUT2D eigenvalue weighted by Gasteiger charge is 2.09. The molecule has 3 heteroatoms. The Morgan fingerprint density at radius 2 is 1.83 bits per heavy atom. The molecule has 0 aliphatic carbocycles. The summed E-state index contributed by atoms with van der Waals surface area (Å²) in [5.74, 6) is 1.88. The van der Waals surface area contributed by atoms with Gasteiger partial charge in [-0.1, -0.05) is 29.8 Å². The van der Waals surface area contributed by atoms with Gasteiger partial charge < -0.3 is 4.74 Å². The van der Waals surface area contributed by atoms with Crippen molar-refractivity contribution < 1.29 is 4.74 Å². The van der Waals surface area contributed by atoms with Crippen LogP contribution >= 0.6 is 23.2 Å². The number of aryl methyl sites for hydroxylation is 2. The van der Waals surface area contributed by atoms with Crippen molar-refractivity contribution in [2.75, 3.05) is 0 Å². The maximum absolute atomic E-state index is 6.10. The van der Waals surface area contributed by atoms with Gasteiger partial charge in [-0.25, -0.2) is 0 Å². The maximum atomic E-state index is 6.10. The predicted octanol–water partition coefficient (Wildman–Crippen LogP) is 5.49. The summed E-state index contributed by atoms with van der Waals surface area (Å²) in [6.07, 6.45) is 0. The van der Waals surface area contributed by atoms with Crippen LogP contribution in [-0.2, 0) is 5.88 Å². The molecule has 0 bridgehead atoms. The van der Waals surface area contributed by atoms with Crippen molar-refractivity contribution in [1.82, 2.24) is 0 Å². The predicted molar refractivity (Wildman–Crippen MR) is 77.0 cm³/mol. The van der Waals surface area contributed by atoms with Gasteiger partial charge in [0.2, 0.25) is 0 Å². The fraction of sp³-hybridized carbons (Fsp3) is 0.200. The SMILES string of the molecule is Cc1ccc(C)c(Oc2cccc(Cl)c2CCl)c1. The van der Waals surface area contributed by atoms with E-state index in [0.29, 0.717) is 16.7 Å². The van der Waals surface area contributed by atoms with Crippen LogP contribution in [-0.4, -0.2) is 0 Å². The Kier molecular flexibility index (Phi) is 4.15. The second-order valence-corrected chi connectivity index (χ2v) is 4.90. The second kappa shape index (κ2) is 5.64. The highest BCUT2D eigenvalue weighted by atomic mass is 35.5. The lowest BCUT2D eigenvalue weighted by Crippen LogP contribution is -1.93. The summed E-state index contributed by atoms with van der Waals surface area (Å²) in [5, 5.41) is 0.632. The van der Waals surface area contributed by atoms with Crippen molar-refractivity contribution in [2.24, 2.45) is 0 Å². The molecule has 18 heavy (non-hydrogen) atoms. The van der Waals surface area contributed by atoms with E-state index in [2.05, 4.69) is 6.07 Å². The standard InChI is InChI=1S/C15H14Cl2O/c1-10-6-7-11(2)15(8-10)18-14-5-3-4-13(17)12(14)9-16/h3-8H,9H2,1-2H3. The summed E-state index contributed by atoms with van der Waals surface area (Å²) in [7, 11) is 0. The van der Waals surface area contributed by atoms with Gasteiger partial charge in [-0.2, -0.15) is 0 Å². The van der Waals surface area contributed by atoms with E-state index in [0.717, 1.165) is 22.4 Å². The van der Waals surface area contributed by atoms with Gasteiger partial charge in [0, 0.05) is 10.6 Å². The zero-order valence-corrected chi connectivity index (χ0v) is 11.8. The third-order valence-corrected chi connectivity index (χ3v) is 3.39. The van der Waals surface area contributed by atoms with E-state index in [1.807, 2.05) is 44.2 Å². The van der Waals surface area contributed by atoms with Crippen LogP contribution in [0.15, 0.2) is 36.4 Å². The first kappa shape index (κ1) is 13.3. The van der Waals surface area contributed by atoms with E-state index >= 15 is 0 Å². The third kappa shape index (κ3) is 2.80. The van der Waals surface area contributed by atoms with Crippen LogP contribution in [0.1, 0.15) is 16.7 Å². The van der Waals surface area contributed by atoms with E-state index in [1.165, 1.54) is 0 Å². The average Bonchev–Trinajstić information content (AvgIpc) is 2.34. The molecular formula is C15H14Cl2O. The molecule has 0 aliphatic heterocycles. The highest BCUT2D eigenvalue weighted by molar-refractivity contribution is 6.32. The van der Waals surface area contributed by atoms with Crippen molar-refractivity contribution in [3.63, 3.8) is 0 Å². The van der Waals surface area contributed by atoms with Gasteiger partial charge in [0.15, 0.2) is 0 Å². The normalized spacial score (nSPS) is 10.4. The number of ether oxygens (including phenoxy) is 1. The molecule has 0 N–H and O–H groups in total. The Labute approximate surface area is 117 Å². The molecule has 0 spiro atoms. The summed E-state index contributed by atoms with van der Waals surface area (Å²) in [5.41, 5.74) is 3.06. The number of halogens is 2. The fourth-order valence-corrected chi connectivity index (χ4v) is 2.28. The van der Waals surface area contributed by atoms with Gasteiger partial charge in [0.1, 0.15) is 11.5 Å². The van der Waals surface area contributed by atoms with Crippen LogP contribution in [0.3, 0.4) is 0 Å². The summed E-state index contributed by atoms with van der Waals surface area (Å²) >= 11 is 12.0. The maximum Gasteiger partial charge on any atom is 0.133 e. The number of rotatable bonds is 3. The third-order valence-electron chi connectivity index (χ3n) is 2.77. The van der Waals surface area contributed by atoms with Crippen molar-refractivity contribution in [2.45, 2.75) is 19.7 Å². The van der Waals surface area contributed by atoms with E-state index in [9.17, 15) is 0 Å².